The fraction of sp³-hybridized carbons (Fsp3) is 0.545. The van der Waals surface area contributed by atoms with Gasteiger partial charge in [0.2, 0.25) is 0 Å². The number of rotatable bonds is 5. The Hall–Kier alpha value is -1.09. The van der Waals surface area contributed by atoms with Crippen molar-refractivity contribution in [3.63, 3.8) is 0 Å². The van der Waals surface area contributed by atoms with Gasteiger partial charge in [0.05, 0.1) is 12.6 Å². The minimum Gasteiger partial charge on any atom is -0.383 e. The fourth-order valence-electron chi connectivity index (χ4n) is 1.24. The summed E-state index contributed by atoms with van der Waals surface area (Å²) in [6, 6.07) is 4.28. The molecule has 0 radical (unpaired) electrons. The third-order valence-corrected chi connectivity index (χ3v) is 2.18. The molecule has 0 aliphatic rings. The van der Waals surface area contributed by atoms with E-state index in [1.54, 1.807) is 19.5 Å². The zero-order valence-electron chi connectivity index (χ0n) is 9.03. The molecule has 0 amide bonds. The van der Waals surface area contributed by atoms with Gasteiger partial charge < -0.3 is 10.1 Å². The first-order valence-electron chi connectivity index (χ1n) is 4.89. The maximum absolute atomic E-state index is 5.16. The largest absolute Gasteiger partial charge is 0.383 e. The SMILES string of the molecule is COCC(Nc1ccncc1)C(C)C. The van der Waals surface area contributed by atoms with Crippen LogP contribution >= 0.6 is 0 Å². The Balaban J connectivity index is 2.55. The highest BCUT2D eigenvalue weighted by molar-refractivity contribution is 5.41. The van der Waals surface area contributed by atoms with E-state index >= 15 is 0 Å². The van der Waals surface area contributed by atoms with Gasteiger partial charge in [0.1, 0.15) is 0 Å². The Kier molecular flexibility index (Phi) is 4.40. The van der Waals surface area contributed by atoms with Crippen LogP contribution in [0.15, 0.2) is 24.5 Å². The van der Waals surface area contributed by atoms with Gasteiger partial charge in [0, 0.05) is 25.2 Å². The van der Waals surface area contributed by atoms with Gasteiger partial charge in [-0.05, 0) is 18.1 Å². The zero-order valence-corrected chi connectivity index (χ0v) is 9.03. The number of hydrogen-bond donors (Lipinski definition) is 1. The van der Waals surface area contributed by atoms with Crippen LogP contribution in [0.1, 0.15) is 13.8 Å². The number of hydrogen-bond acceptors (Lipinski definition) is 3. The summed E-state index contributed by atoms with van der Waals surface area (Å²) >= 11 is 0. The zero-order chi connectivity index (χ0) is 10.4. The van der Waals surface area contributed by atoms with Crippen LogP contribution in [0.5, 0.6) is 0 Å². The number of methoxy groups -OCH3 is 1. The van der Waals surface area contributed by atoms with E-state index in [-0.39, 0.29) is 0 Å². The number of anilines is 1. The van der Waals surface area contributed by atoms with E-state index in [9.17, 15) is 0 Å². The molecule has 1 atom stereocenters. The predicted molar refractivity (Wildman–Crippen MR) is 58.4 cm³/mol. The van der Waals surface area contributed by atoms with Crippen LogP contribution in [-0.2, 0) is 4.74 Å². The number of nitrogens with zero attached hydrogens (tertiary/aromatic N) is 1. The summed E-state index contributed by atoms with van der Waals surface area (Å²) in [6.07, 6.45) is 3.57. The number of aromatic nitrogens is 1. The minimum atomic E-state index is 0.349. The van der Waals surface area contributed by atoms with E-state index in [0.717, 1.165) is 12.3 Å². The van der Waals surface area contributed by atoms with Gasteiger partial charge in [-0.1, -0.05) is 13.8 Å². The molecule has 14 heavy (non-hydrogen) atoms. The molecule has 1 rings (SSSR count). The second kappa shape index (κ2) is 5.60. The molecule has 3 nitrogen and oxygen atoms in total. The average Bonchev–Trinajstić information content (AvgIpc) is 2.18. The molecule has 0 saturated heterocycles. The van der Waals surface area contributed by atoms with Crippen LogP contribution in [0.2, 0.25) is 0 Å². The highest BCUT2D eigenvalue weighted by atomic mass is 16.5. The number of ether oxygens (including phenoxy) is 1. The van der Waals surface area contributed by atoms with E-state index in [0.29, 0.717) is 12.0 Å². The molecule has 1 unspecified atom stereocenters. The van der Waals surface area contributed by atoms with Crippen LogP contribution in [0.4, 0.5) is 5.69 Å². The van der Waals surface area contributed by atoms with E-state index in [1.807, 2.05) is 12.1 Å². The molecule has 0 bridgehead atoms. The monoisotopic (exact) mass is 194 g/mol. The maximum Gasteiger partial charge on any atom is 0.0666 e. The summed E-state index contributed by atoms with van der Waals surface area (Å²) in [6.45, 7) is 5.08. The van der Waals surface area contributed by atoms with Crippen molar-refractivity contribution in [3.05, 3.63) is 24.5 Å². The molecule has 0 aromatic carbocycles. The van der Waals surface area contributed by atoms with E-state index < -0.39 is 0 Å². The minimum absolute atomic E-state index is 0.349. The average molecular weight is 194 g/mol. The van der Waals surface area contributed by atoms with Gasteiger partial charge in [-0.25, -0.2) is 0 Å². The quantitative estimate of drug-likeness (QED) is 0.780. The Bertz CT molecular complexity index is 249. The highest BCUT2D eigenvalue weighted by Crippen LogP contribution is 2.11. The van der Waals surface area contributed by atoms with Gasteiger partial charge in [-0.2, -0.15) is 0 Å². The lowest BCUT2D eigenvalue weighted by Gasteiger charge is -2.22. The molecule has 0 aliphatic carbocycles. The van der Waals surface area contributed by atoms with Crippen molar-refractivity contribution in [2.75, 3.05) is 19.0 Å². The highest BCUT2D eigenvalue weighted by Gasteiger charge is 2.12. The van der Waals surface area contributed by atoms with Crippen LogP contribution in [0.25, 0.3) is 0 Å². The molecular weight excluding hydrogens is 176 g/mol. The van der Waals surface area contributed by atoms with Crippen LogP contribution in [0.3, 0.4) is 0 Å². The molecule has 1 aromatic heterocycles. The van der Waals surface area contributed by atoms with E-state index in [1.165, 1.54) is 0 Å². The lowest BCUT2D eigenvalue weighted by Crippen LogP contribution is -2.30. The molecule has 0 aliphatic heterocycles. The molecule has 3 heteroatoms. The lowest BCUT2D eigenvalue weighted by atomic mass is 10.1. The number of nitrogens with one attached hydrogen (secondary N) is 1. The van der Waals surface area contributed by atoms with Crippen molar-refractivity contribution in [3.8, 4) is 0 Å². The van der Waals surface area contributed by atoms with Gasteiger partial charge >= 0.3 is 0 Å². The van der Waals surface area contributed by atoms with E-state index in [2.05, 4.69) is 24.1 Å². The second-order valence-corrected chi connectivity index (χ2v) is 3.69. The fourth-order valence-corrected chi connectivity index (χ4v) is 1.24. The Morgan fingerprint density at radius 2 is 2.00 bits per heavy atom. The predicted octanol–water partition coefficient (Wildman–Crippen LogP) is 2.16. The molecule has 0 saturated carbocycles. The summed E-state index contributed by atoms with van der Waals surface area (Å²) in [5.74, 6) is 0.545. The third kappa shape index (κ3) is 3.34. The normalized spacial score (nSPS) is 12.9. The van der Waals surface area contributed by atoms with E-state index in [4.69, 9.17) is 4.74 Å². The molecule has 1 N–H and O–H groups in total. The second-order valence-electron chi connectivity index (χ2n) is 3.69. The standard InChI is InChI=1S/C11H18N2O/c1-9(2)11(8-14-3)13-10-4-6-12-7-5-10/h4-7,9,11H,8H2,1-3H3,(H,12,13). The van der Waals surface area contributed by atoms with Gasteiger partial charge in [-0.3, -0.25) is 4.98 Å². The van der Waals surface area contributed by atoms with Crippen LogP contribution in [0, 0.1) is 5.92 Å². The summed E-state index contributed by atoms with van der Waals surface area (Å²) in [5, 5.41) is 3.41. The first kappa shape index (κ1) is 11.0. The first-order chi connectivity index (χ1) is 6.74. The van der Waals surface area contributed by atoms with Crippen molar-refractivity contribution >= 4 is 5.69 Å². The Labute approximate surface area is 85.5 Å². The van der Waals surface area contributed by atoms with Crippen molar-refractivity contribution in [2.24, 2.45) is 5.92 Å². The third-order valence-electron chi connectivity index (χ3n) is 2.18. The topological polar surface area (TPSA) is 34.1 Å². The lowest BCUT2D eigenvalue weighted by molar-refractivity contribution is 0.171. The van der Waals surface area contributed by atoms with Crippen molar-refractivity contribution < 1.29 is 4.74 Å². The Morgan fingerprint density at radius 3 is 2.50 bits per heavy atom. The summed E-state index contributed by atoms with van der Waals surface area (Å²) in [4.78, 5) is 3.97. The smallest absolute Gasteiger partial charge is 0.0666 e. The van der Waals surface area contributed by atoms with Crippen molar-refractivity contribution in [1.82, 2.24) is 4.98 Å². The molecule has 1 aromatic rings. The molecular formula is C11H18N2O. The van der Waals surface area contributed by atoms with Crippen LogP contribution in [-0.4, -0.2) is 24.7 Å². The summed E-state index contributed by atoms with van der Waals surface area (Å²) in [5.41, 5.74) is 1.09. The first-order valence-corrected chi connectivity index (χ1v) is 4.89. The Morgan fingerprint density at radius 1 is 1.36 bits per heavy atom. The molecule has 1 heterocycles. The maximum atomic E-state index is 5.16. The van der Waals surface area contributed by atoms with Crippen LogP contribution < -0.4 is 5.32 Å². The molecule has 0 spiro atoms. The van der Waals surface area contributed by atoms with Crippen molar-refractivity contribution in [2.45, 2.75) is 19.9 Å². The van der Waals surface area contributed by atoms with Gasteiger partial charge in [-0.15, -0.1) is 0 Å². The summed E-state index contributed by atoms with van der Waals surface area (Å²) < 4.78 is 5.16. The number of pyridine rings is 1. The molecule has 78 valence electrons. The molecule has 0 fully saturated rings. The summed E-state index contributed by atoms with van der Waals surface area (Å²) in [7, 11) is 1.73. The van der Waals surface area contributed by atoms with Gasteiger partial charge in [0.15, 0.2) is 0 Å². The van der Waals surface area contributed by atoms with Gasteiger partial charge in [0.25, 0.3) is 0 Å². The van der Waals surface area contributed by atoms with Crippen molar-refractivity contribution in [1.29, 1.82) is 0 Å².